The molecule has 2 fully saturated rings. The summed E-state index contributed by atoms with van der Waals surface area (Å²) in [6, 6.07) is 0.221. The number of hydrogen-bond acceptors (Lipinski definition) is 4. The van der Waals surface area contributed by atoms with Crippen molar-refractivity contribution < 1.29 is 9.59 Å². The molecule has 1 heterocycles. The third kappa shape index (κ3) is 2.37. The minimum absolute atomic E-state index is 0.221. The highest BCUT2D eigenvalue weighted by molar-refractivity contribution is 7.99. The van der Waals surface area contributed by atoms with Crippen LogP contribution in [0.5, 0.6) is 0 Å². The predicted molar refractivity (Wildman–Crippen MR) is 63.3 cm³/mol. The van der Waals surface area contributed by atoms with Gasteiger partial charge in [-0.2, -0.15) is 11.8 Å². The Morgan fingerprint density at radius 3 is 2.62 bits per heavy atom. The fourth-order valence-corrected chi connectivity index (χ4v) is 3.23. The number of amides is 2. The van der Waals surface area contributed by atoms with Crippen molar-refractivity contribution in [1.82, 2.24) is 10.6 Å². The number of thioether (sulfide) groups is 1. The molecule has 88 valence electrons. The molecule has 5 nitrogen and oxygen atoms in total. The fourth-order valence-electron chi connectivity index (χ4n) is 2.05. The zero-order valence-corrected chi connectivity index (χ0v) is 9.97. The van der Waals surface area contributed by atoms with Gasteiger partial charge in [-0.1, -0.05) is 13.3 Å². The summed E-state index contributed by atoms with van der Waals surface area (Å²) in [5.41, 5.74) is 0. The minimum Gasteiger partial charge on any atom is -0.288 e. The number of rotatable bonds is 3. The van der Waals surface area contributed by atoms with E-state index in [-0.39, 0.29) is 6.04 Å². The normalized spacial score (nSPS) is 29.2. The molecule has 1 aliphatic carbocycles. The van der Waals surface area contributed by atoms with Crippen LogP contribution >= 0.6 is 11.8 Å². The van der Waals surface area contributed by atoms with Crippen LogP contribution in [0.15, 0.2) is 4.99 Å². The molecule has 0 aromatic carbocycles. The van der Waals surface area contributed by atoms with Gasteiger partial charge in [0.05, 0.1) is 6.04 Å². The number of carbonyl (C=O) groups is 2. The summed E-state index contributed by atoms with van der Waals surface area (Å²) in [5.74, 6) is 0.168. The third-order valence-electron chi connectivity index (χ3n) is 2.76. The Hall–Kier alpha value is -1.04. The van der Waals surface area contributed by atoms with E-state index in [0.717, 1.165) is 12.2 Å². The molecule has 0 aromatic heterocycles. The van der Waals surface area contributed by atoms with Crippen LogP contribution in [0.25, 0.3) is 0 Å². The number of carbonyl (C=O) groups excluding carboxylic acids is 2. The Kier molecular flexibility index (Phi) is 3.48. The monoisotopic (exact) mass is 241 g/mol. The Bertz CT molecular complexity index is 325. The van der Waals surface area contributed by atoms with Gasteiger partial charge >= 0.3 is 11.8 Å². The van der Waals surface area contributed by atoms with E-state index in [4.69, 9.17) is 0 Å². The van der Waals surface area contributed by atoms with Crippen LogP contribution in [0.4, 0.5) is 0 Å². The highest BCUT2D eigenvalue weighted by Crippen LogP contribution is 2.32. The van der Waals surface area contributed by atoms with Crippen molar-refractivity contribution in [2.24, 2.45) is 4.99 Å². The highest BCUT2D eigenvalue weighted by atomic mass is 32.2. The fraction of sp³-hybridized carbons (Fsp3) is 0.700. The van der Waals surface area contributed by atoms with Crippen LogP contribution in [0.1, 0.15) is 26.2 Å². The van der Waals surface area contributed by atoms with Gasteiger partial charge in [-0.05, 0) is 18.6 Å². The lowest BCUT2D eigenvalue weighted by Gasteiger charge is -2.14. The first-order chi connectivity index (χ1) is 7.70. The summed E-state index contributed by atoms with van der Waals surface area (Å²) < 4.78 is 0. The van der Waals surface area contributed by atoms with E-state index in [2.05, 4.69) is 22.5 Å². The van der Waals surface area contributed by atoms with Gasteiger partial charge in [0.25, 0.3) is 0 Å². The maximum Gasteiger partial charge on any atom is 0.316 e. The van der Waals surface area contributed by atoms with Gasteiger partial charge in [0.15, 0.2) is 0 Å². The summed E-state index contributed by atoms with van der Waals surface area (Å²) in [6.07, 6.45) is 3.37. The predicted octanol–water partition coefficient (Wildman–Crippen LogP) is 0.263. The van der Waals surface area contributed by atoms with Crippen LogP contribution in [0.3, 0.4) is 0 Å². The first-order valence-corrected chi connectivity index (χ1v) is 6.57. The summed E-state index contributed by atoms with van der Waals surface area (Å²) >= 11 is 1.90. The van der Waals surface area contributed by atoms with Gasteiger partial charge < -0.3 is 0 Å². The van der Waals surface area contributed by atoms with E-state index in [1.807, 2.05) is 11.8 Å². The summed E-state index contributed by atoms with van der Waals surface area (Å²) in [5, 5.41) is 5.39. The van der Waals surface area contributed by atoms with Gasteiger partial charge in [0, 0.05) is 5.25 Å². The molecule has 1 aliphatic heterocycles. The highest BCUT2D eigenvalue weighted by Gasteiger charge is 2.30. The number of hydrogen-bond donors (Lipinski definition) is 2. The number of nitrogens with zero attached hydrogens (tertiary/aromatic N) is 1. The van der Waals surface area contributed by atoms with E-state index >= 15 is 0 Å². The van der Waals surface area contributed by atoms with Crippen molar-refractivity contribution in [1.29, 1.82) is 0 Å². The van der Waals surface area contributed by atoms with E-state index in [0.29, 0.717) is 11.2 Å². The van der Waals surface area contributed by atoms with Gasteiger partial charge in [-0.3, -0.25) is 20.2 Å². The minimum atomic E-state index is -0.614. The lowest BCUT2D eigenvalue weighted by Crippen LogP contribution is -2.29. The van der Waals surface area contributed by atoms with Gasteiger partial charge in [-0.15, -0.1) is 0 Å². The zero-order chi connectivity index (χ0) is 11.5. The van der Waals surface area contributed by atoms with Crippen molar-refractivity contribution in [3.63, 3.8) is 0 Å². The molecule has 2 N–H and O–H groups in total. The van der Waals surface area contributed by atoms with E-state index in [1.165, 1.54) is 12.8 Å². The largest absolute Gasteiger partial charge is 0.316 e. The molecule has 2 rings (SSSR count). The van der Waals surface area contributed by atoms with Gasteiger partial charge in [0.2, 0.25) is 5.96 Å². The topological polar surface area (TPSA) is 70.6 Å². The van der Waals surface area contributed by atoms with Crippen molar-refractivity contribution in [3.8, 4) is 0 Å². The quantitative estimate of drug-likeness (QED) is 0.696. The van der Waals surface area contributed by atoms with Gasteiger partial charge in [-0.25, -0.2) is 4.99 Å². The average molecular weight is 241 g/mol. The smallest absolute Gasteiger partial charge is 0.288 e. The molecule has 1 saturated heterocycles. The van der Waals surface area contributed by atoms with E-state index in [9.17, 15) is 9.59 Å². The third-order valence-corrected chi connectivity index (χ3v) is 4.07. The van der Waals surface area contributed by atoms with Crippen LogP contribution in [-0.4, -0.2) is 34.8 Å². The molecule has 1 saturated carbocycles. The SMILES string of the molecule is CCSC1CCCC1N=C1NC(=O)C(=O)N1. The Morgan fingerprint density at radius 1 is 1.31 bits per heavy atom. The molecule has 0 spiro atoms. The molecule has 0 radical (unpaired) electrons. The molecular weight excluding hydrogens is 226 g/mol. The van der Waals surface area contributed by atoms with Crippen molar-refractivity contribution in [3.05, 3.63) is 0 Å². The Labute approximate surface area is 98.5 Å². The second-order valence-corrected chi connectivity index (χ2v) is 5.39. The maximum atomic E-state index is 11.0. The number of nitrogens with one attached hydrogen (secondary N) is 2. The first kappa shape index (κ1) is 11.4. The molecule has 2 atom stereocenters. The van der Waals surface area contributed by atoms with Crippen LogP contribution in [0.2, 0.25) is 0 Å². The average Bonchev–Trinajstić information content (AvgIpc) is 2.77. The second kappa shape index (κ2) is 4.86. The van der Waals surface area contributed by atoms with E-state index in [1.54, 1.807) is 0 Å². The van der Waals surface area contributed by atoms with Gasteiger partial charge in [0.1, 0.15) is 0 Å². The maximum absolute atomic E-state index is 11.0. The lowest BCUT2D eigenvalue weighted by molar-refractivity contribution is -0.135. The van der Waals surface area contributed by atoms with Crippen molar-refractivity contribution in [2.45, 2.75) is 37.5 Å². The van der Waals surface area contributed by atoms with Crippen LogP contribution in [0, 0.1) is 0 Å². The summed E-state index contributed by atoms with van der Waals surface area (Å²) in [4.78, 5) is 26.3. The molecule has 2 aliphatic rings. The summed E-state index contributed by atoms with van der Waals surface area (Å²) in [6.45, 7) is 2.13. The molecule has 16 heavy (non-hydrogen) atoms. The number of aliphatic imine (C=N–C) groups is 1. The lowest BCUT2D eigenvalue weighted by atomic mass is 10.3. The second-order valence-electron chi connectivity index (χ2n) is 3.88. The standard InChI is InChI=1S/C10H15N3O2S/c1-2-16-7-5-3-4-6(7)11-10-12-8(14)9(15)13-10/h6-7H,2-5H2,1H3,(H2,11,12,13,14,15). The first-order valence-electron chi connectivity index (χ1n) is 5.52. The van der Waals surface area contributed by atoms with Crippen molar-refractivity contribution in [2.75, 3.05) is 5.75 Å². The number of guanidine groups is 1. The molecule has 0 aromatic rings. The molecular formula is C10H15N3O2S. The van der Waals surface area contributed by atoms with Crippen LogP contribution in [-0.2, 0) is 9.59 Å². The molecule has 0 bridgehead atoms. The Balaban J connectivity index is 2.00. The van der Waals surface area contributed by atoms with Crippen molar-refractivity contribution >= 4 is 29.5 Å². The Morgan fingerprint density at radius 2 is 2.00 bits per heavy atom. The zero-order valence-electron chi connectivity index (χ0n) is 9.16. The molecule has 2 amide bonds. The summed E-state index contributed by atoms with van der Waals surface area (Å²) in [7, 11) is 0. The van der Waals surface area contributed by atoms with Crippen LogP contribution < -0.4 is 10.6 Å². The van der Waals surface area contributed by atoms with E-state index < -0.39 is 11.8 Å². The molecule has 2 unspecified atom stereocenters. The molecule has 6 heteroatoms.